The maximum absolute atomic E-state index is 12.3. The molecule has 1 unspecified atom stereocenters. The average Bonchev–Trinajstić information content (AvgIpc) is 3.16. The molecule has 1 atom stereocenters. The Morgan fingerprint density at radius 2 is 1.84 bits per heavy atom. The molecule has 2 aliphatic rings. The van der Waals surface area contributed by atoms with Crippen LogP contribution in [0.1, 0.15) is 60.9 Å². The van der Waals surface area contributed by atoms with Gasteiger partial charge < -0.3 is 5.32 Å². The molecule has 1 amide bonds. The first-order valence-corrected chi connectivity index (χ1v) is 7.72. The van der Waals surface area contributed by atoms with E-state index in [1.807, 2.05) is 18.2 Å². The van der Waals surface area contributed by atoms with Crippen molar-refractivity contribution in [2.45, 2.75) is 55.9 Å². The van der Waals surface area contributed by atoms with Crippen molar-refractivity contribution in [2.24, 2.45) is 0 Å². The molecule has 1 aromatic carbocycles. The van der Waals surface area contributed by atoms with Gasteiger partial charge in [0.2, 0.25) is 5.91 Å². The summed E-state index contributed by atoms with van der Waals surface area (Å²) in [7, 11) is 0. The molecule has 0 aromatic heterocycles. The van der Waals surface area contributed by atoms with Crippen LogP contribution in [0, 0.1) is 0 Å². The summed E-state index contributed by atoms with van der Waals surface area (Å²) in [5.74, 6) is 0.596. The standard InChI is InChI=1S/C16H20ClNO/c17-15(16(19)18-12-5-1-2-6-12)14-8-4-3-7-13(14)11-9-10-11/h3-4,7-8,11-12,15H,1-2,5-6,9-10H2,(H,18,19). The summed E-state index contributed by atoms with van der Waals surface area (Å²) in [4.78, 5) is 12.3. The van der Waals surface area contributed by atoms with Gasteiger partial charge in [-0.15, -0.1) is 11.6 Å². The first-order chi connectivity index (χ1) is 9.25. The van der Waals surface area contributed by atoms with Crippen molar-refractivity contribution in [3.63, 3.8) is 0 Å². The van der Waals surface area contributed by atoms with Crippen LogP contribution < -0.4 is 5.32 Å². The zero-order valence-corrected chi connectivity index (χ0v) is 11.8. The first kappa shape index (κ1) is 13.0. The highest BCUT2D eigenvalue weighted by atomic mass is 35.5. The summed E-state index contributed by atoms with van der Waals surface area (Å²) in [6.45, 7) is 0. The monoisotopic (exact) mass is 277 g/mol. The molecule has 1 N–H and O–H groups in total. The van der Waals surface area contributed by atoms with Crippen molar-refractivity contribution >= 4 is 17.5 Å². The maximum atomic E-state index is 12.3. The third kappa shape index (κ3) is 2.94. The molecule has 0 saturated heterocycles. The highest BCUT2D eigenvalue weighted by molar-refractivity contribution is 6.30. The lowest BCUT2D eigenvalue weighted by molar-refractivity contribution is -0.121. The fourth-order valence-electron chi connectivity index (χ4n) is 2.99. The second kappa shape index (κ2) is 5.54. The lowest BCUT2D eigenvalue weighted by atomic mass is 10.00. The minimum Gasteiger partial charge on any atom is -0.352 e. The number of carbonyl (C=O) groups is 1. The molecular formula is C16H20ClNO. The lowest BCUT2D eigenvalue weighted by Crippen LogP contribution is -2.35. The molecule has 1 aromatic rings. The molecule has 2 saturated carbocycles. The molecule has 0 aliphatic heterocycles. The molecule has 2 fully saturated rings. The Balaban J connectivity index is 1.71. The van der Waals surface area contributed by atoms with Crippen LogP contribution in [-0.4, -0.2) is 11.9 Å². The van der Waals surface area contributed by atoms with E-state index in [9.17, 15) is 4.79 Å². The largest absolute Gasteiger partial charge is 0.352 e. The van der Waals surface area contributed by atoms with Crippen LogP contribution in [0.4, 0.5) is 0 Å². The molecule has 0 radical (unpaired) electrons. The lowest BCUT2D eigenvalue weighted by Gasteiger charge is -2.17. The van der Waals surface area contributed by atoms with Gasteiger partial charge in [-0.2, -0.15) is 0 Å². The number of nitrogens with one attached hydrogen (secondary N) is 1. The molecular weight excluding hydrogens is 258 g/mol. The minimum absolute atomic E-state index is 0.0262. The number of amides is 1. The zero-order chi connectivity index (χ0) is 13.2. The third-order valence-electron chi connectivity index (χ3n) is 4.22. The fraction of sp³-hybridized carbons (Fsp3) is 0.562. The normalized spacial score (nSPS) is 21.3. The van der Waals surface area contributed by atoms with Crippen LogP contribution in [0.5, 0.6) is 0 Å². The van der Waals surface area contributed by atoms with E-state index in [1.165, 1.54) is 31.2 Å². The molecule has 19 heavy (non-hydrogen) atoms. The number of rotatable bonds is 4. The predicted octanol–water partition coefficient (Wildman–Crippen LogP) is 3.90. The Labute approximate surface area is 119 Å². The molecule has 2 nitrogen and oxygen atoms in total. The van der Waals surface area contributed by atoms with Crippen molar-refractivity contribution in [1.82, 2.24) is 5.32 Å². The van der Waals surface area contributed by atoms with E-state index in [0.717, 1.165) is 18.4 Å². The number of carbonyl (C=O) groups excluding carboxylic acids is 1. The number of halogens is 1. The fourth-order valence-corrected chi connectivity index (χ4v) is 3.26. The van der Waals surface area contributed by atoms with Gasteiger partial charge in [0, 0.05) is 6.04 Å². The molecule has 2 aliphatic carbocycles. The van der Waals surface area contributed by atoms with E-state index in [-0.39, 0.29) is 5.91 Å². The highest BCUT2D eigenvalue weighted by Crippen LogP contribution is 2.43. The van der Waals surface area contributed by atoms with Gasteiger partial charge >= 0.3 is 0 Å². The van der Waals surface area contributed by atoms with Crippen molar-refractivity contribution in [3.8, 4) is 0 Å². The molecule has 0 bridgehead atoms. The minimum atomic E-state index is -0.544. The van der Waals surface area contributed by atoms with Gasteiger partial charge in [0.1, 0.15) is 5.38 Å². The second-order valence-electron chi connectivity index (χ2n) is 5.76. The Kier molecular flexibility index (Phi) is 3.79. The number of hydrogen-bond donors (Lipinski definition) is 1. The van der Waals surface area contributed by atoms with Gasteiger partial charge in [0.05, 0.1) is 0 Å². The van der Waals surface area contributed by atoms with Gasteiger partial charge in [-0.1, -0.05) is 37.1 Å². The molecule has 3 heteroatoms. The average molecular weight is 278 g/mol. The molecule has 0 heterocycles. The molecule has 102 valence electrons. The quantitative estimate of drug-likeness (QED) is 0.831. The summed E-state index contributed by atoms with van der Waals surface area (Å²) in [6.07, 6.45) is 7.09. The van der Waals surface area contributed by atoms with Crippen molar-refractivity contribution in [2.75, 3.05) is 0 Å². The number of hydrogen-bond acceptors (Lipinski definition) is 1. The van der Waals surface area contributed by atoms with E-state index in [4.69, 9.17) is 11.6 Å². The van der Waals surface area contributed by atoms with E-state index in [1.54, 1.807) is 0 Å². The van der Waals surface area contributed by atoms with Crippen LogP contribution in [0.15, 0.2) is 24.3 Å². The van der Waals surface area contributed by atoms with Crippen LogP contribution in [0.3, 0.4) is 0 Å². The van der Waals surface area contributed by atoms with Gasteiger partial charge in [0.15, 0.2) is 0 Å². The zero-order valence-electron chi connectivity index (χ0n) is 11.1. The third-order valence-corrected chi connectivity index (χ3v) is 4.65. The van der Waals surface area contributed by atoms with Gasteiger partial charge in [-0.3, -0.25) is 4.79 Å². The van der Waals surface area contributed by atoms with Crippen LogP contribution in [-0.2, 0) is 4.79 Å². The first-order valence-electron chi connectivity index (χ1n) is 7.29. The highest BCUT2D eigenvalue weighted by Gasteiger charge is 2.30. The van der Waals surface area contributed by atoms with Crippen LogP contribution >= 0.6 is 11.6 Å². The summed E-state index contributed by atoms with van der Waals surface area (Å²) < 4.78 is 0. The van der Waals surface area contributed by atoms with Crippen molar-refractivity contribution in [3.05, 3.63) is 35.4 Å². The van der Waals surface area contributed by atoms with Gasteiger partial charge in [-0.25, -0.2) is 0 Å². The number of alkyl halides is 1. The Morgan fingerprint density at radius 1 is 1.16 bits per heavy atom. The van der Waals surface area contributed by atoms with E-state index >= 15 is 0 Å². The van der Waals surface area contributed by atoms with E-state index in [2.05, 4.69) is 11.4 Å². The Morgan fingerprint density at radius 3 is 2.53 bits per heavy atom. The SMILES string of the molecule is O=C(NC1CCCC1)C(Cl)c1ccccc1C1CC1. The van der Waals surface area contributed by atoms with E-state index < -0.39 is 5.38 Å². The van der Waals surface area contributed by atoms with E-state index in [0.29, 0.717) is 12.0 Å². The second-order valence-corrected chi connectivity index (χ2v) is 6.19. The summed E-state index contributed by atoms with van der Waals surface area (Å²) in [6, 6.07) is 8.46. The van der Waals surface area contributed by atoms with Crippen LogP contribution in [0.25, 0.3) is 0 Å². The molecule has 3 rings (SSSR count). The summed E-state index contributed by atoms with van der Waals surface area (Å²) >= 11 is 6.40. The Bertz CT molecular complexity index is 464. The smallest absolute Gasteiger partial charge is 0.242 e. The predicted molar refractivity (Wildman–Crippen MR) is 77.4 cm³/mol. The van der Waals surface area contributed by atoms with Crippen molar-refractivity contribution in [1.29, 1.82) is 0 Å². The molecule has 0 spiro atoms. The summed E-state index contributed by atoms with van der Waals surface area (Å²) in [5, 5.41) is 2.55. The van der Waals surface area contributed by atoms with Crippen molar-refractivity contribution < 1.29 is 4.79 Å². The summed E-state index contributed by atoms with van der Waals surface area (Å²) in [5.41, 5.74) is 2.27. The topological polar surface area (TPSA) is 29.1 Å². The Hall–Kier alpha value is -1.02. The van der Waals surface area contributed by atoms with Gasteiger partial charge in [0.25, 0.3) is 0 Å². The maximum Gasteiger partial charge on any atom is 0.242 e. The van der Waals surface area contributed by atoms with Gasteiger partial charge in [-0.05, 0) is 42.7 Å². The van der Waals surface area contributed by atoms with Crippen LogP contribution in [0.2, 0.25) is 0 Å². The number of benzene rings is 1.